The highest BCUT2D eigenvalue weighted by Crippen LogP contribution is 2.80. The van der Waals surface area contributed by atoms with Crippen molar-refractivity contribution in [1.29, 1.82) is 0 Å². The number of aromatic nitrogens is 1. The number of halogens is 1. The lowest BCUT2D eigenvalue weighted by atomic mass is 9.29. The minimum absolute atomic E-state index is 0.00527. The first-order valence-electron chi connectivity index (χ1n) is 21.0. The number of ether oxygens (including phenoxy) is 1. The highest BCUT2D eigenvalue weighted by molar-refractivity contribution is 6.30. The second-order valence-corrected chi connectivity index (χ2v) is 22.0. The van der Waals surface area contributed by atoms with E-state index in [1.807, 2.05) is 12.1 Å². The van der Waals surface area contributed by atoms with E-state index < -0.39 is 34.4 Å². The first kappa shape index (κ1) is 42.3. The molecule has 5 aliphatic carbocycles. The Kier molecular flexibility index (Phi) is 10.5. The van der Waals surface area contributed by atoms with Crippen LogP contribution in [0.3, 0.4) is 0 Å². The highest BCUT2D eigenvalue weighted by atomic mass is 35.5. The molecule has 4 fully saturated rings. The van der Waals surface area contributed by atoms with Crippen LogP contribution in [0.5, 0.6) is 0 Å². The number of ketones is 1. The van der Waals surface area contributed by atoms with E-state index in [1.165, 1.54) is 5.57 Å². The summed E-state index contributed by atoms with van der Waals surface area (Å²) in [5, 5.41) is 26.3. The molecule has 0 aromatic carbocycles. The molecule has 0 unspecified atom stereocenters. The summed E-state index contributed by atoms with van der Waals surface area (Å²) in [6.07, 6.45) is 8.41. The number of nitrogens with one attached hydrogen (secondary N) is 1. The van der Waals surface area contributed by atoms with Crippen molar-refractivity contribution in [1.82, 2.24) is 10.3 Å². The summed E-state index contributed by atoms with van der Waals surface area (Å²) in [4.78, 5) is 43.8. The number of pyridine rings is 1. The van der Waals surface area contributed by atoms with Gasteiger partial charge in [0, 0.05) is 30.0 Å². The van der Waals surface area contributed by atoms with E-state index in [4.69, 9.17) is 16.3 Å². The fourth-order valence-corrected chi connectivity index (χ4v) is 14.0. The summed E-state index contributed by atoms with van der Waals surface area (Å²) in [5.74, 6) is -0.355. The van der Waals surface area contributed by atoms with Crippen LogP contribution >= 0.6 is 11.6 Å². The molecule has 6 rings (SSSR count). The lowest BCUT2D eigenvalue weighted by molar-refractivity contribution is -0.252. The predicted molar refractivity (Wildman–Crippen MR) is 216 cm³/mol. The van der Waals surface area contributed by atoms with Gasteiger partial charge in [0.15, 0.2) is 5.78 Å². The number of carbonyl (C=O) groups is 3. The number of aliphatic hydroxyl groups is 1. The van der Waals surface area contributed by atoms with Crippen LogP contribution in [-0.4, -0.2) is 51.7 Å². The van der Waals surface area contributed by atoms with Crippen LogP contribution in [0, 0.1) is 55.7 Å². The molecule has 0 aliphatic heterocycles. The van der Waals surface area contributed by atoms with Gasteiger partial charge in [-0.05, 0) is 142 Å². The van der Waals surface area contributed by atoms with Gasteiger partial charge in [-0.1, -0.05) is 67.0 Å². The number of esters is 1. The lowest BCUT2D eigenvalue weighted by Crippen LogP contribution is -2.69. The van der Waals surface area contributed by atoms with Crippen LogP contribution < -0.4 is 5.32 Å². The number of carboxylic acids is 1. The van der Waals surface area contributed by atoms with Crippen LogP contribution in [0.2, 0.25) is 5.02 Å². The number of carboxylic acid groups (broad SMARTS) is 1. The quantitative estimate of drug-likeness (QED) is 0.201. The Bertz CT molecular complexity index is 1750. The molecule has 0 amide bonds. The number of rotatable bonds is 10. The number of allylic oxidation sites excluding steroid dienone is 1. The van der Waals surface area contributed by atoms with Crippen molar-refractivity contribution in [3.63, 3.8) is 0 Å². The zero-order valence-electron chi connectivity index (χ0n) is 35.7. The molecule has 5 aliphatic rings. The Morgan fingerprint density at radius 1 is 0.964 bits per heavy atom. The van der Waals surface area contributed by atoms with Crippen molar-refractivity contribution in [2.24, 2.45) is 55.7 Å². The summed E-state index contributed by atoms with van der Waals surface area (Å²) in [7, 11) is 0. The largest absolute Gasteiger partial charge is 0.481 e. The molecule has 55 heavy (non-hydrogen) atoms. The van der Waals surface area contributed by atoms with Crippen molar-refractivity contribution in [2.75, 3.05) is 6.54 Å². The molecule has 0 radical (unpaired) electrons. The van der Waals surface area contributed by atoms with Gasteiger partial charge in [-0.3, -0.25) is 19.4 Å². The predicted octanol–water partition coefficient (Wildman–Crippen LogP) is 9.70. The first-order valence-corrected chi connectivity index (χ1v) is 21.4. The van der Waals surface area contributed by atoms with Crippen LogP contribution in [0.25, 0.3) is 0 Å². The summed E-state index contributed by atoms with van der Waals surface area (Å²) >= 11 is 6.15. The monoisotopic (exact) mass is 780 g/mol. The van der Waals surface area contributed by atoms with E-state index in [9.17, 15) is 24.6 Å². The molecule has 1 aromatic heterocycles. The molecule has 9 heteroatoms. The number of aliphatic hydroxyl groups excluding tert-OH is 1. The van der Waals surface area contributed by atoms with Gasteiger partial charge < -0.3 is 20.3 Å². The number of aliphatic carboxylic acids is 1. The number of carbonyl (C=O) groups excluding carboxylic acids is 2. The number of Topliss-reactive ketones (excluding diaryl/α,β-unsaturated/α-hetero) is 1. The van der Waals surface area contributed by atoms with Crippen molar-refractivity contribution in [2.45, 2.75) is 165 Å². The van der Waals surface area contributed by atoms with Crippen LogP contribution in [0.1, 0.15) is 153 Å². The average molecular weight is 782 g/mol. The molecule has 0 bridgehead atoms. The van der Waals surface area contributed by atoms with Gasteiger partial charge >= 0.3 is 11.9 Å². The summed E-state index contributed by atoms with van der Waals surface area (Å²) < 4.78 is 6.19. The summed E-state index contributed by atoms with van der Waals surface area (Å²) in [6.45, 7) is 26.5. The maximum absolute atomic E-state index is 14.3. The molecule has 306 valence electrons. The van der Waals surface area contributed by atoms with E-state index in [-0.39, 0.29) is 51.3 Å². The van der Waals surface area contributed by atoms with Gasteiger partial charge in [-0.2, -0.15) is 0 Å². The first-order chi connectivity index (χ1) is 25.2. The minimum atomic E-state index is -1.17. The minimum Gasteiger partial charge on any atom is -0.481 e. The zero-order valence-corrected chi connectivity index (χ0v) is 36.5. The molecule has 9 atom stereocenters. The van der Waals surface area contributed by atoms with E-state index in [2.05, 4.69) is 79.5 Å². The molecule has 0 saturated heterocycles. The number of hydrogen-bond donors (Lipinski definition) is 3. The maximum atomic E-state index is 14.3. The Morgan fingerprint density at radius 3 is 2.22 bits per heavy atom. The Labute approximate surface area is 335 Å². The third-order valence-corrected chi connectivity index (χ3v) is 17.5. The molecule has 0 spiro atoms. The van der Waals surface area contributed by atoms with Crippen LogP contribution in [0.15, 0.2) is 29.5 Å². The number of hydrogen-bond acceptors (Lipinski definition) is 7. The van der Waals surface area contributed by atoms with Crippen LogP contribution in [0.4, 0.5) is 0 Å². The third-order valence-electron chi connectivity index (χ3n) is 17.3. The topological polar surface area (TPSA) is 126 Å². The second-order valence-electron chi connectivity index (χ2n) is 21.6. The molecule has 1 heterocycles. The lowest BCUT2D eigenvalue weighted by Gasteiger charge is -2.75. The summed E-state index contributed by atoms with van der Waals surface area (Å²) in [6, 6.07) is 3.76. The van der Waals surface area contributed by atoms with Crippen molar-refractivity contribution in [3.8, 4) is 0 Å². The van der Waals surface area contributed by atoms with E-state index in [0.29, 0.717) is 29.8 Å². The number of nitrogens with zero attached hydrogens (tertiary/aromatic N) is 1. The highest BCUT2D eigenvalue weighted by Gasteiger charge is 2.74. The fourth-order valence-electron chi connectivity index (χ4n) is 13.8. The Balaban J connectivity index is 1.30. The molecule has 1 aromatic rings. The Morgan fingerprint density at radius 2 is 1.62 bits per heavy atom. The second kappa shape index (κ2) is 13.6. The van der Waals surface area contributed by atoms with Gasteiger partial charge in [-0.15, -0.1) is 0 Å². The SMILES string of the molecule is CC(C)C1=C2[C@@]([C@H](O)CNC(C)(C)c3ccc(Cl)cn3)(CC[C@]3(C)[C@]2(C)CC[C@@H]2[C@@]4(C)CC[C@H](OC(=O)CC(C)(C)C(=O)O)C(C)(C)[C@@H]4CC[C@]23C)CC1=O. The van der Waals surface area contributed by atoms with Crippen LogP contribution in [-0.2, 0) is 24.7 Å². The van der Waals surface area contributed by atoms with Crippen molar-refractivity contribution >= 4 is 29.3 Å². The molecule has 4 saturated carbocycles. The Hall–Kier alpha value is -2.29. The van der Waals surface area contributed by atoms with Gasteiger partial charge in [0.2, 0.25) is 0 Å². The van der Waals surface area contributed by atoms with Crippen molar-refractivity contribution < 1.29 is 29.3 Å². The zero-order chi connectivity index (χ0) is 40.9. The standard InChI is InChI=1S/C46H69ClN2O6/c1-27(2)36-29(50)23-46(33(51)26-49-41(7,8)32-14-13-28(47)25-48-32)22-21-45(12)43(10)19-15-30-40(5,6)34(55-35(52)24-39(3,4)38(53)54)17-18-42(30,9)31(43)16-20-44(45,11)37(36)46/h13-14,25,27,30-31,33-34,49,51H,15-24,26H2,1-12H3,(H,53,54)/t30-,31+,33+,34-,42-,43+,44+,45-,46-/m0/s1. The number of fused-ring (bicyclic) bond motifs is 7. The van der Waals surface area contributed by atoms with Gasteiger partial charge in [0.25, 0.3) is 0 Å². The van der Waals surface area contributed by atoms with Gasteiger partial charge in [0.1, 0.15) is 6.10 Å². The average Bonchev–Trinajstić information content (AvgIpc) is 3.40. The normalized spacial score (nSPS) is 37.8. The van der Waals surface area contributed by atoms with E-state index in [1.54, 1.807) is 20.0 Å². The van der Waals surface area contributed by atoms with E-state index in [0.717, 1.165) is 62.6 Å². The molecular formula is C46H69ClN2O6. The van der Waals surface area contributed by atoms with Crippen molar-refractivity contribution in [3.05, 3.63) is 40.2 Å². The van der Waals surface area contributed by atoms with Gasteiger partial charge in [-0.25, -0.2) is 0 Å². The van der Waals surface area contributed by atoms with Gasteiger partial charge in [0.05, 0.1) is 34.2 Å². The maximum Gasteiger partial charge on any atom is 0.309 e. The van der Waals surface area contributed by atoms with E-state index >= 15 is 0 Å². The molecule has 8 nitrogen and oxygen atoms in total. The smallest absolute Gasteiger partial charge is 0.309 e. The molecule has 3 N–H and O–H groups in total. The molecular weight excluding hydrogens is 712 g/mol. The third kappa shape index (κ3) is 6.27. The summed E-state index contributed by atoms with van der Waals surface area (Å²) in [5.41, 5.74) is 0.143. The fraction of sp³-hybridized carbons (Fsp3) is 0.783.